The summed E-state index contributed by atoms with van der Waals surface area (Å²) in [6.07, 6.45) is 0.966. The van der Waals surface area contributed by atoms with Crippen LogP contribution in [0.1, 0.15) is 31.7 Å². The van der Waals surface area contributed by atoms with E-state index in [1.54, 1.807) is 0 Å². The Bertz CT molecular complexity index is 331. The molecule has 0 aromatic heterocycles. The summed E-state index contributed by atoms with van der Waals surface area (Å²) < 4.78 is 0. The molecule has 0 saturated carbocycles. The summed E-state index contributed by atoms with van der Waals surface area (Å²) >= 11 is 0. The Morgan fingerprint density at radius 1 is 1.29 bits per heavy atom. The standard InChI is InChI=1S/C14H22N2O/c1-3-10-16(11-9-15)14(17)12(2)13-7-5-4-6-8-13/h4-8,12H,3,9-11,15H2,1-2H3. The van der Waals surface area contributed by atoms with Gasteiger partial charge >= 0.3 is 0 Å². The first-order chi connectivity index (χ1) is 8.20. The van der Waals surface area contributed by atoms with Gasteiger partial charge in [0.25, 0.3) is 0 Å². The molecule has 1 aromatic carbocycles. The van der Waals surface area contributed by atoms with E-state index >= 15 is 0 Å². The molecule has 1 unspecified atom stereocenters. The van der Waals surface area contributed by atoms with E-state index in [1.807, 2.05) is 42.2 Å². The van der Waals surface area contributed by atoms with Crippen molar-refractivity contribution in [1.82, 2.24) is 4.90 Å². The van der Waals surface area contributed by atoms with Gasteiger partial charge in [-0.05, 0) is 18.9 Å². The van der Waals surface area contributed by atoms with Gasteiger partial charge in [0.2, 0.25) is 5.91 Å². The fraction of sp³-hybridized carbons (Fsp3) is 0.500. The van der Waals surface area contributed by atoms with Gasteiger partial charge < -0.3 is 10.6 Å². The molecule has 1 rings (SSSR count). The number of carbonyl (C=O) groups excluding carboxylic acids is 1. The fourth-order valence-corrected chi connectivity index (χ4v) is 1.92. The molecule has 3 heteroatoms. The molecule has 0 aliphatic carbocycles. The largest absolute Gasteiger partial charge is 0.341 e. The lowest BCUT2D eigenvalue weighted by Gasteiger charge is -2.25. The number of hydrogen-bond acceptors (Lipinski definition) is 2. The van der Waals surface area contributed by atoms with Crippen molar-refractivity contribution in [3.8, 4) is 0 Å². The van der Waals surface area contributed by atoms with Crippen LogP contribution >= 0.6 is 0 Å². The highest BCUT2D eigenvalue weighted by molar-refractivity contribution is 5.83. The first-order valence-electron chi connectivity index (χ1n) is 6.24. The molecule has 3 nitrogen and oxygen atoms in total. The molecule has 1 amide bonds. The number of rotatable bonds is 6. The second kappa shape index (κ2) is 7.07. The number of hydrogen-bond donors (Lipinski definition) is 1. The van der Waals surface area contributed by atoms with E-state index in [1.165, 1.54) is 0 Å². The fourth-order valence-electron chi connectivity index (χ4n) is 1.92. The Labute approximate surface area is 104 Å². The van der Waals surface area contributed by atoms with Crippen LogP contribution in [0.25, 0.3) is 0 Å². The maximum absolute atomic E-state index is 12.3. The van der Waals surface area contributed by atoms with E-state index < -0.39 is 0 Å². The van der Waals surface area contributed by atoms with E-state index in [4.69, 9.17) is 5.73 Å². The lowest BCUT2D eigenvalue weighted by Crippen LogP contribution is -2.38. The predicted molar refractivity (Wildman–Crippen MR) is 70.8 cm³/mol. The normalized spacial score (nSPS) is 12.2. The zero-order chi connectivity index (χ0) is 12.7. The number of nitrogens with two attached hydrogens (primary N) is 1. The first kappa shape index (κ1) is 13.7. The molecular formula is C14H22N2O. The van der Waals surface area contributed by atoms with Crippen molar-refractivity contribution in [3.05, 3.63) is 35.9 Å². The molecule has 0 spiro atoms. The van der Waals surface area contributed by atoms with Crippen LogP contribution < -0.4 is 5.73 Å². The van der Waals surface area contributed by atoms with Gasteiger partial charge in [-0.2, -0.15) is 0 Å². The molecule has 2 N–H and O–H groups in total. The van der Waals surface area contributed by atoms with E-state index in [0.29, 0.717) is 13.1 Å². The van der Waals surface area contributed by atoms with Crippen LogP contribution in [0.15, 0.2) is 30.3 Å². The summed E-state index contributed by atoms with van der Waals surface area (Å²) in [5.41, 5.74) is 6.61. The van der Waals surface area contributed by atoms with Gasteiger partial charge in [-0.3, -0.25) is 4.79 Å². The molecule has 17 heavy (non-hydrogen) atoms. The quantitative estimate of drug-likeness (QED) is 0.818. The molecule has 0 aliphatic rings. The minimum atomic E-state index is -0.0886. The zero-order valence-corrected chi connectivity index (χ0v) is 10.7. The molecule has 0 aliphatic heterocycles. The highest BCUT2D eigenvalue weighted by Crippen LogP contribution is 2.17. The number of carbonyl (C=O) groups is 1. The topological polar surface area (TPSA) is 46.3 Å². The summed E-state index contributed by atoms with van der Waals surface area (Å²) in [6.45, 7) is 5.98. The maximum atomic E-state index is 12.3. The number of nitrogens with zero attached hydrogens (tertiary/aromatic N) is 1. The van der Waals surface area contributed by atoms with E-state index in [0.717, 1.165) is 18.5 Å². The Morgan fingerprint density at radius 2 is 1.94 bits per heavy atom. The molecule has 1 atom stereocenters. The Hall–Kier alpha value is -1.35. The third-order valence-electron chi connectivity index (χ3n) is 2.87. The smallest absolute Gasteiger partial charge is 0.229 e. The first-order valence-corrected chi connectivity index (χ1v) is 6.24. The Balaban J connectivity index is 2.73. The predicted octanol–water partition coefficient (Wildman–Crippen LogP) is 1.99. The minimum Gasteiger partial charge on any atom is -0.341 e. The second-order valence-electron chi connectivity index (χ2n) is 4.25. The van der Waals surface area contributed by atoms with Crippen LogP contribution in [0, 0.1) is 0 Å². The number of amides is 1. The van der Waals surface area contributed by atoms with Crippen LogP contribution in [0.5, 0.6) is 0 Å². The molecule has 94 valence electrons. The van der Waals surface area contributed by atoms with Crippen molar-refractivity contribution in [3.63, 3.8) is 0 Å². The third kappa shape index (κ3) is 3.86. The van der Waals surface area contributed by atoms with Crippen molar-refractivity contribution in [2.45, 2.75) is 26.2 Å². The summed E-state index contributed by atoms with van der Waals surface area (Å²) in [4.78, 5) is 14.2. The lowest BCUT2D eigenvalue weighted by atomic mass is 10.00. The molecular weight excluding hydrogens is 212 g/mol. The van der Waals surface area contributed by atoms with E-state index in [-0.39, 0.29) is 11.8 Å². The average molecular weight is 234 g/mol. The van der Waals surface area contributed by atoms with Gasteiger partial charge in [-0.1, -0.05) is 37.3 Å². The highest BCUT2D eigenvalue weighted by atomic mass is 16.2. The van der Waals surface area contributed by atoms with Crippen LogP contribution in [0.4, 0.5) is 0 Å². The van der Waals surface area contributed by atoms with E-state index in [2.05, 4.69) is 6.92 Å². The molecule has 0 heterocycles. The second-order valence-corrected chi connectivity index (χ2v) is 4.25. The van der Waals surface area contributed by atoms with Crippen LogP contribution in [-0.2, 0) is 4.79 Å². The highest BCUT2D eigenvalue weighted by Gasteiger charge is 2.20. The summed E-state index contributed by atoms with van der Waals surface area (Å²) in [7, 11) is 0. The summed E-state index contributed by atoms with van der Waals surface area (Å²) in [6, 6.07) is 9.88. The minimum absolute atomic E-state index is 0.0886. The maximum Gasteiger partial charge on any atom is 0.229 e. The number of benzene rings is 1. The lowest BCUT2D eigenvalue weighted by molar-refractivity contribution is -0.132. The van der Waals surface area contributed by atoms with Crippen molar-refractivity contribution in [2.75, 3.05) is 19.6 Å². The van der Waals surface area contributed by atoms with Gasteiger partial charge in [-0.15, -0.1) is 0 Å². The average Bonchev–Trinajstić information content (AvgIpc) is 2.38. The van der Waals surface area contributed by atoms with Gasteiger partial charge in [0.1, 0.15) is 0 Å². The van der Waals surface area contributed by atoms with Crippen molar-refractivity contribution in [1.29, 1.82) is 0 Å². The van der Waals surface area contributed by atoms with Gasteiger partial charge in [-0.25, -0.2) is 0 Å². The van der Waals surface area contributed by atoms with E-state index in [9.17, 15) is 4.79 Å². The third-order valence-corrected chi connectivity index (χ3v) is 2.87. The van der Waals surface area contributed by atoms with Crippen molar-refractivity contribution < 1.29 is 4.79 Å². The Morgan fingerprint density at radius 3 is 2.47 bits per heavy atom. The van der Waals surface area contributed by atoms with Crippen molar-refractivity contribution in [2.24, 2.45) is 5.73 Å². The summed E-state index contributed by atoms with van der Waals surface area (Å²) in [5.74, 6) is 0.0813. The van der Waals surface area contributed by atoms with Gasteiger partial charge in [0, 0.05) is 19.6 Å². The molecule has 0 bridgehead atoms. The van der Waals surface area contributed by atoms with Crippen LogP contribution in [-0.4, -0.2) is 30.4 Å². The van der Waals surface area contributed by atoms with Gasteiger partial charge in [0.05, 0.1) is 5.92 Å². The van der Waals surface area contributed by atoms with Crippen LogP contribution in [0.3, 0.4) is 0 Å². The van der Waals surface area contributed by atoms with Crippen LogP contribution in [0.2, 0.25) is 0 Å². The van der Waals surface area contributed by atoms with Crippen molar-refractivity contribution >= 4 is 5.91 Å². The molecule has 1 aromatic rings. The molecule has 0 fully saturated rings. The van der Waals surface area contributed by atoms with Gasteiger partial charge in [0.15, 0.2) is 0 Å². The molecule has 0 radical (unpaired) electrons. The Kier molecular flexibility index (Phi) is 5.70. The molecule has 0 saturated heterocycles. The zero-order valence-electron chi connectivity index (χ0n) is 10.7. The monoisotopic (exact) mass is 234 g/mol. The summed E-state index contributed by atoms with van der Waals surface area (Å²) in [5, 5.41) is 0. The SMILES string of the molecule is CCCN(CCN)C(=O)C(C)c1ccccc1.